The molecule has 0 aliphatic heterocycles. The van der Waals surface area contributed by atoms with Crippen molar-refractivity contribution in [3.8, 4) is 0 Å². The van der Waals surface area contributed by atoms with Crippen LogP contribution in [0, 0.1) is 5.82 Å². The van der Waals surface area contributed by atoms with Crippen molar-refractivity contribution in [3.63, 3.8) is 0 Å². The van der Waals surface area contributed by atoms with Crippen LogP contribution in [0.3, 0.4) is 0 Å². The summed E-state index contributed by atoms with van der Waals surface area (Å²) in [5.41, 5.74) is 2.58. The fourth-order valence-electron chi connectivity index (χ4n) is 1.55. The van der Waals surface area contributed by atoms with Crippen molar-refractivity contribution in [1.82, 2.24) is 0 Å². The van der Waals surface area contributed by atoms with Crippen molar-refractivity contribution in [3.05, 3.63) is 41.7 Å². The molecule has 0 bridgehead atoms. The van der Waals surface area contributed by atoms with E-state index < -0.39 is 0 Å². The van der Waals surface area contributed by atoms with E-state index in [1.807, 2.05) is 19.1 Å². The Hall–Kier alpha value is -1.11. The molecule has 0 unspecified atom stereocenters. The Kier molecular flexibility index (Phi) is 1.95. The van der Waals surface area contributed by atoms with Crippen LogP contribution in [0.15, 0.2) is 24.8 Å². The fraction of sp³-hybridized carbons (Fsp3) is 0.333. The van der Waals surface area contributed by atoms with Gasteiger partial charge in [-0.2, -0.15) is 0 Å². The second kappa shape index (κ2) is 2.99. The highest BCUT2D eigenvalue weighted by Gasteiger charge is 2.24. The molecule has 13 heavy (non-hydrogen) atoms. The highest BCUT2D eigenvalue weighted by atomic mass is 19.1. The number of hydrogen-bond donors (Lipinski definition) is 0. The molecule has 1 heteroatoms. The van der Waals surface area contributed by atoms with Crippen LogP contribution in [0.5, 0.6) is 0 Å². The standard InChI is InChI=1S/C12H13F/c1-8(2)11-6-5-10(7-12(11)13)9-3-4-9/h5-7,9H,1,3-4H2,2H3. The average molecular weight is 176 g/mol. The first kappa shape index (κ1) is 8.49. The van der Waals surface area contributed by atoms with Crippen LogP contribution in [0.1, 0.15) is 36.8 Å². The summed E-state index contributed by atoms with van der Waals surface area (Å²) < 4.78 is 13.4. The molecule has 0 spiro atoms. The summed E-state index contributed by atoms with van der Waals surface area (Å²) in [6.07, 6.45) is 2.43. The molecule has 68 valence electrons. The van der Waals surface area contributed by atoms with Crippen LogP contribution in [-0.2, 0) is 0 Å². The number of hydrogen-bond acceptors (Lipinski definition) is 0. The summed E-state index contributed by atoms with van der Waals surface area (Å²) in [5, 5.41) is 0. The second-order valence-corrected chi connectivity index (χ2v) is 3.79. The van der Waals surface area contributed by atoms with E-state index in [4.69, 9.17) is 0 Å². The monoisotopic (exact) mass is 176 g/mol. The normalized spacial score (nSPS) is 15.8. The van der Waals surface area contributed by atoms with Gasteiger partial charge in [0.25, 0.3) is 0 Å². The van der Waals surface area contributed by atoms with Gasteiger partial charge in [-0.05, 0) is 42.9 Å². The van der Waals surface area contributed by atoms with Gasteiger partial charge >= 0.3 is 0 Å². The highest BCUT2D eigenvalue weighted by Crippen LogP contribution is 2.40. The van der Waals surface area contributed by atoms with Crippen LogP contribution in [0.4, 0.5) is 4.39 Å². The van der Waals surface area contributed by atoms with Gasteiger partial charge in [-0.15, -0.1) is 0 Å². The summed E-state index contributed by atoms with van der Waals surface area (Å²) in [5.74, 6) is 0.491. The van der Waals surface area contributed by atoms with Crippen LogP contribution >= 0.6 is 0 Å². The lowest BCUT2D eigenvalue weighted by Gasteiger charge is -2.04. The molecule has 1 aliphatic carbocycles. The summed E-state index contributed by atoms with van der Waals surface area (Å²) in [4.78, 5) is 0. The zero-order chi connectivity index (χ0) is 9.42. The van der Waals surface area contributed by atoms with Crippen LogP contribution in [0.2, 0.25) is 0 Å². The number of rotatable bonds is 2. The maximum atomic E-state index is 13.4. The van der Waals surface area contributed by atoms with Crippen molar-refractivity contribution in [2.75, 3.05) is 0 Å². The number of allylic oxidation sites excluding steroid dienone is 1. The first-order valence-electron chi connectivity index (χ1n) is 4.64. The molecule has 0 nitrogen and oxygen atoms in total. The van der Waals surface area contributed by atoms with Gasteiger partial charge in [0.2, 0.25) is 0 Å². The van der Waals surface area contributed by atoms with E-state index in [0.29, 0.717) is 11.5 Å². The third-order valence-corrected chi connectivity index (χ3v) is 2.50. The predicted molar refractivity (Wildman–Crippen MR) is 53.1 cm³/mol. The Morgan fingerprint density at radius 3 is 2.62 bits per heavy atom. The largest absolute Gasteiger partial charge is 0.206 e. The first-order chi connectivity index (χ1) is 6.18. The Balaban J connectivity index is 2.36. The quantitative estimate of drug-likeness (QED) is 0.644. The van der Waals surface area contributed by atoms with E-state index in [2.05, 4.69) is 6.58 Å². The lowest BCUT2D eigenvalue weighted by atomic mass is 10.0. The van der Waals surface area contributed by atoms with Gasteiger partial charge in [0, 0.05) is 5.56 Å². The summed E-state index contributed by atoms with van der Waals surface area (Å²) in [6, 6.07) is 5.51. The molecular formula is C12H13F. The highest BCUT2D eigenvalue weighted by molar-refractivity contribution is 5.62. The Labute approximate surface area is 78.1 Å². The van der Waals surface area contributed by atoms with Gasteiger partial charge in [-0.3, -0.25) is 0 Å². The lowest BCUT2D eigenvalue weighted by Crippen LogP contribution is -1.88. The van der Waals surface area contributed by atoms with E-state index in [9.17, 15) is 4.39 Å². The Morgan fingerprint density at radius 2 is 2.15 bits per heavy atom. The lowest BCUT2D eigenvalue weighted by molar-refractivity contribution is 0.621. The molecule has 1 saturated carbocycles. The van der Waals surface area contributed by atoms with Crippen molar-refractivity contribution < 1.29 is 4.39 Å². The summed E-state index contributed by atoms with van der Waals surface area (Å²) >= 11 is 0. The molecule has 0 radical (unpaired) electrons. The molecule has 0 saturated heterocycles. The van der Waals surface area contributed by atoms with Crippen molar-refractivity contribution in [2.45, 2.75) is 25.7 Å². The minimum Gasteiger partial charge on any atom is -0.206 e. The average Bonchev–Trinajstić information content (AvgIpc) is 2.85. The van der Waals surface area contributed by atoms with E-state index in [1.54, 1.807) is 6.07 Å². The molecule has 0 N–H and O–H groups in total. The second-order valence-electron chi connectivity index (χ2n) is 3.79. The molecule has 1 aromatic carbocycles. The van der Waals surface area contributed by atoms with Crippen molar-refractivity contribution in [2.24, 2.45) is 0 Å². The van der Waals surface area contributed by atoms with Crippen LogP contribution in [0.25, 0.3) is 5.57 Å². The number of halogens is 1. The third kappa shape index (κ3) is 1.64. The minimum atomic E-state index is -0.128. The maximum absolute atomic E-state index is 13.4. The van der Waals surface area contributed by atoms with Gasteiger partial charge < -0.3 is 0 Å². The zero-order valence-corrected chi connectivity index (χ0v) is 7.81. The fourth-order valence-corrected chi connectivity index (χ4v) is 1.55. The Bertz CT molecular complexity index is 348. The van der Waals surface area contributed by atoms with Gasteiger partial charge in [-0.25, -0.2) is 4.39 Å². The first-order valence-corrected chi connectivity index (χ1v) is 4.64. The van der Waals surface area contributed by atoms with E-state index >= 15 is 0 Å². The van der Waals surface area contributed by atoms with E-state index in [1.165, 1.54) is 12.8 Å². The van der Waals surface area contributed by atoms with Gasteiger partial charge in [0.1, 0.15) is 5.82 Å². The molecule has 0 heterocycles. The molecular weight excluding hydrogens is 163 g/mol. The zero-order valence-electron chi connectivity index (χ0n) is 7.81. The van der Waals surface area contributed by atoms with E-state index in [0.717, 1.165) is 11.1 Å². The topological polar surface area (TPSA) is 0 Å². The molecule has 2 rings (SSSR count). The summed E-state index contributed by atoms with van der Waals surface area (Å²) in [6.45, 7) is 5.56. The van der Waals surface area contributed by atoms with Crippen LogP contribution < -0.4 is 0 Å². The molecule has 1 fully saturated rings. The van der Waals surface area contributed by atoms with Gasteiger partial charge in [0.05, 0.1) is 0 Å². The SMILES string of the molecule is C=C(C)c1ccc(C2CC2)cc1F. The molecule has 0 aromatic heterocycles. The van der Waals surface area contributed by atoms with Crippen molar-refractivity contribution >= 4 is 5.57 Å². The molecule has 1 aromatic rings. The Morgan fingerprint density at radius 1 is 1.46 bits per heavy atom. The van der Waals surface area contributed by atoms with Crippen LogP contribution in [-0.4, -0.2) is 0 Å². The summed E-state index contributed by atoms with van der Waals surface area (Å²) in [7, 11) is 0. The van der Waals surface area contributed by atoms with Gasteiger partial charge in [0.15, 0.2) is 0 Å². The third-order valence-electron chi connectivity index (χ3n) is 2.50. The molecule has 1 aliphatic rings. The molecule has 0 amide bonds. The van der Waals surface area contributed by atoms with Gasteiger partial charge in [-0.1, -0.05) is 18.7 Å². The maximum Gasteiger partial charge on any atom is 0.130 e. The van der Waals surface area contributed by atoms with Crippen molar-refractivity contribution in [1.29, 1.82) is 0 Å². The smallest absolute Gasteiger partial charge is 0.130 e. The number of benzene rings is 1. The van der Waals surface area contributed by atoms with E-state index in [-0.39, 0.29) is 5.82 Å². The minimum absolute atomic E-state index is 0.128. The predicted octanol–water partition coefficient (Wildman–Crippen LogP) is 3.74. The molecule has 0 atom stereocenters.